The summed E-state index contributed by atoms with van der Waals surface area (Å²) < 4.78 is 7.47. The van der Waals surface area contributed by atoms with Crippen molar-refractivity contribution in [2.45, 2.75) is 31.9 Å². The summed E-state index contributed by atoms with van der Waals surface area (Å²) in [5, 5.41) is 4.65. The van der Waals surface area contributed by atoms with Crippen molar-refractivity contribution in [2.24, 2.45) is 0 Å². The average Bonchev–Trinajstić information content (AvgIpc) is 2.68. The number of hydrogen-bond donors (Lipinski definition) is 1. The Bertz CT molecular complexity index is 415. The van der Waals surface area contributed by atoms with Crippen LogP contribution in [-0.2, 0) is 17.8 Å². The summed E-state index contributed by atoms with van der Waals surface area (Å²) in [5.74, 6) is 0.864. The Kier molecular flexibility index (Phi) is 2.80. The number of nitrogens with two attached hydrogens (primary N) is 1. The second kappa shape index (κ2) is 4.31. The summed E-state index contributed by atoms with van der Waals surface area (Å²) in [7, 11) is 2.16. The molecule has 1 fully saturated rings. The molecule has 2 aliphatic rings. The van der Waals surface area contributed by atoms with Gasteiger partial charge in [0.15, 0.2) is 0 Å². The Morgan fingerprint density at radius 2 is 2.35 bits per heavy atom. The van der Waals surface area contributed by atoms with E-state index in [0.717, 1.165) is 31.1 Å². The quantitative estimate of drug-likeness (QED) is 0.784. The van der Waals surface area contributed by atoms with E-state index < -0.39 is 0 Å². The third-order valence-corrected chi connectivity index (χ3v) is 3.81. The summed E-state index contributed by atoms with van der Waals surface area (Å²) in [6, 6.07) is 0.430. The van der Waals surface area contributed by atoms with Crippen LogP contribution >= 0.6 is 0 Å². The smallest absolute Gasteiger partial charge is 0.125 e. The lowest BCUT2D eigenvalue weighted by molar-refractivity contribution is 0.107. The van der Waals surface area contributed by atoms with E-state index in [1.54, 1.807) is 0 Å². The fraction of sp³-hybridized carbons (Fsp3) is 0.750. The van der Waals surface area contributed by atoms with Gasteiger partial charge in [-0.2, -0.15) is 5.10 Å². The van der Waals surface area contributed by atoms with Gasteiger partial charge in [-0.3, -0.25) is 0 Å². The topological polar surface area (TPSA) is 56.3 Å². The van der Waals surface area contributed by atoms with E-state index in [-0.39, 0.29) is 0 Å². The maximum Gasteiger partial charge on any atom is 0.125 e. The number of anilines is 1. The van der Waals surface area contributed by atoms with Gasteiger partial charge in [0.05, 0.1) is 24.9 Å². The Morgan fingerprint density at radius 3 is 3.12 bits per heavy atom. The van der Waals surface area contributed by atoms with Gasteiger partial charge in [-0.1, -0.05) is 0 Å². The Morgan fingerprint density at radius 1 is 1.47 bits per heavy atom. The maximum atomic E-state index is 6.23. The molecule has 17 heavy (non-hydrogen) atoms. The molecule has 2 aliphatic heterocycles. The summed E-state index contributed by atoms with van der Waals surface area (Å²) in [6.07, 6.45) is 3.31. The molecule has 0 bridgehead atoms. The van der Waals surface area contributed by atoms with E-state index in [9.17, 15) is 0 Å². The number of ether oxygens (including phenoxy) is 1. The van der Waals surface area contributed by atoms with Crippen molar-refractivity contribution < 1.29 is 4.74 Å². The molecule has 1 atom stereocenters. The normalized spacial score (nSPS) is 25.8. The van der Waals surface area contributed by atoms with E-state index in [0.29, 0.717) is 12.6 Å². The molecule has 0 radical (unpaired) electrons. The number of piperidine rings is 1. The minimum Gasteiger partial charge on any atom is -0.384 e. The number of nitrogens with zero attached hydrogens (tertiary/aromatic N) is 3. The Labute approximate surface area is 102 Å². The molecule has 94 valence electrons. The monoisotopic (exact) mass is 236 g/mol. The first-order chi connectivity index (χ1) is 8.25. The highest BCUT2D eigenvalue weighted by Gasteiger charge is 2.25. The van der Waals surface area contributed by atoms with E-state index >= 15 is 0 Å². The zero-order valence-corrected chi connectivity index (χ0v) is 10.4. The molecule has 3 heterocycles. The molecular formula is C12H20N4O. The molecule has 5 nitrogen and oxygen atoms in total. The van der Waals surface area contributed by atoms with Crippen LogP contribution in [0.5, 0.6) is 0 Å². The molecule has 1 unspecified atom stereocenters. The first-order valence-corrected chi connectivity index (χ1v) is 6.37. The number of aromatic nitrogens is 2. The largest absolute Gasteiger partial charge is 0.384 e. The highest BCUT2D eigenvalue weighted by Crippen LogP contribution is 2.28. The number of likely N-dealkylation sites (N-methyl/N-ethyl adjacent to an activating group) is 1. The lowest BCUT2D eigenvalue weighted by atomic mass is 10.1. The van der Waals surface area contributed by atoms with E-state index in [4.69, 9.17) is 10.5 Å². The van der Waals surface area contributed by atoms with Crippen molar-refractivity contribution in [2.75, 3.05) is 32.5 Å². The van der Waals surface area contributed by atoms with Gasteiger partial charge in [-0.15, -0.1) is 0 Å². The molecule has 0 aliphatic carbocycles. The van der Waals surface area contributed by atoms with Gasteiger partial charge in [-0.05, 0) is 26.4 Å². The standard InChI is InChI=1S/C12H20N4O/c1-15-5-2-3-9(7-15)16-12(13)10-4-6-17-8-11(10)14-16/h9H,2-8,13H2,1H3. The predicted molar refractivity (Wildman–Crippen MR) is 65.8 cm³/mol. The number of nitrogen functional groups attached to an aromatic ring is 1. The van der Waals surface area contributed by atoms with Crippen LogP contribution < -0.4 is 5.73 Å². The van der Waals surface area contributed by atoms with Gasteiger partial charge in [-0.25, -0.2) is 4.68 Å². The zero-order chi connectivity index (χ0) is 11.8. The van der Waals surface area contributed by atoms with Gasteiger partial charge < -0.3 is 15.4 Å². The van der Waals surface area contributed by atoms with E-state index in [1.165, 1.54) is 24.9 Å². The number of rotatable bonds is 1. The summed E-state index contributed by atoms with van der Waals surface area (Å²) in [5.41, 5.74) is 8.48. The van der Waals surface area contributed by atoms with Gasteiger partial charge >= 0.3 is 0 Å². The molecule has 0 aromatic carbocycles. The van der Waals surface area contributed by atoms with E-state index in [1.807, 2.05) is 4.68 Å². The van der Waals surface area contributed by atoms with Crippen LogP contribution in [0.2, 0.25) is 0 Å². The van der Waals surface area contributed by atoms with Crippen molar-refractivity contribution in [3.8, 4) is 0 Å². The van der Waals surface area contributed by atoms with Crippen LogP contribution in [0.3, 0.4) is 0 Å². The highest BCUT2D eigenvalue weighted by molar-refractivity contribution is 5.44. The highest BCUT2D eigenvalue weighted by atomic mass is 16.5. The zero-order valence-electron chi connectivity index (χ0n) is 10.4. The van der Waals surface area contributed by atoms with Gasteiger partial charge in [0.25, 0.3) is 0 Å². The lowest BCUT2D eigenvalue weighted by Crippen LogP contribution is -2.34. The molecule has 1 saturated heterocycles. The van der Waals surface area contributed by atoms with Crippen LogP contribution in [0, 0.1) is 0 Å². The summed E-state index contributed by atoms with van der Waals surface area (Å²) in [6.45, 7) is 3.62. The van der Waals surface area contributed by atoms with Gasteiger partial charge in [0, 0.05) is 18.5 Å². The average molecular weight is 236 g/mol. The van der Waals surface area contributed by atoms with Crippen molar-refractivity contribution in [1.82, 2.24) is 14.7 Å². The van der Waals surface area contributed by atoms with Crippen molar-refractivity contribution in [3.05, 3.63) is 11.3 Å². The van der Waals surface area contributed by atoms with Crippen LogP contribution in [0.1, 0.15) is 30.1 Å². The molecule has 1 aromatic heterocycles. The first-order valence-electron chi connectivity index (χ1n) is 6.37. The summed E-state index contributed by atoms with van der Waals surface area (Å²) >= 11 is 0. The maximum absolute atomic E-state index is 6.23. The predicted octanol–water partition coefficient (Wildman–Crippen LogP) is 0.805. The molecule has 5 heteroatoms. The first kappa shape index (κ1) is 11.0. The Balaban J connectivity index is 1.89. The van der Waals surface area contributed by atoms with Gasteiger partial charge in [0.1, 0.15) is 5.82 Å². The lowest BCUT2D eigenvalue weighted by Gasteiger charge is -2.30. The molecule has 3 rings (SSSR count). The fourth-order valence-corrected chi connectivity index (χ4v) is 2.88. The molecule has 0 spiro atoms. The Hall–Kier alpha value is -1.07. The molecule has 2 N–H and O–H groups in total. The fourth-order valence-electron chi connectivity index (χ4n) is 2.88. The van der Waals surface area contributed by atoms with E-state index in [2.05, 4.69) is 17.0 Å². The van der Waals surface area contributed by atoms with Crippen molar-refractivity contribution in [1.29, 1.82) is 0 Å². The van der Waals surface area contributed by atoms with Crippen LogP contribution in [-0.4, -0.2) is 41.4 Å². The second-order valence-corrected chi connectivity index (χ2v) is 5.12. The number of hydrogen-bond acceptors (Lipinski definition) is 4. The van der Waals surface area contributed by atoms with Crippen LogP contribution in [0.4, 0.5) is 5.82 Å². The molecule has 0 amide bonds. The molecular weight excluding hydrogens is 216 g/mol. The van der Waals surface area contributed by atoms with Crippen molar-refractivity contribution >= 4 is 5.82 Å². The SMILES string of the molecule is CN1CCCC(n2nc3c(c2N)CCOC3)C1. The molecule has 1 aromatic rings. The summed E-state index contributed by atoms with van der Waals surface area (Å²) in [4.78, 5) is 2.35. The number of fused-ring (bicyclic) bond motifs is 1. The van der Waals surface area contributed by atoms with Crippen molar-refractivity contribution in [3.63, 3.8) is 0 Å². The number of likely N-dealkylation sites (tertiary alicyclic amines) is 1. The van der Waals surface area contributed by atoms with Crippen LogP contribution in [0.25, 0.3) is 0 Å². The third kappa shape index (κ3) is 1.93. The minimum atomic E-state index is 0.430. The molecule has 0 saturated carbocycles. The minimum absolute atomic E-state index is 0.430. The third-order valence-electron chi connectivity index (χ3n) is 3.81. The van der Waals surface area contributed by atoms with Crippen LogP contribution in [0.15, 0.2) is 0 Å². The second-order valence-electron chi connectivity index (χ2n) is 5.12. The van der Waals surface area contributed by atoms with Gasteiger partial charge in [0.2, 0.25) is 0 Å².